The Bertz CT molecular complexity index is 540. The highest BCUT2D eigenvalue weighted by atomic mass is 16.5. The average molecular weight is 258 g/mol. The summed E-state index contributed by atoms with van der Waals surface area (Å²) in [4.78, 5) is 8.77. The number of nitrogens with two attached hydrogens (primary N) is 1. The SMILES string of the molecule is COc1ccc(-c2cc(NCCN)nc(C)n2)cc1. The second kappa shape index (κ2) is 6.15. The minimum absolute atomic E-state index is 0.570. The lowest BCUT2D eigenvalue weighted by Gasteiger charge is -2.08. The van der Waals surface area contributed by atoms with Gasteiger partial charge in [-0.05, 0) is 31.2 Å². The zero-order chi connectivity index (χ0) is 13.7. The third-order valence-electron chi connectivity index (χ3n) is 2.67. The molecule has 0 fully saturated rings. The third-order valence-corrected chi connectivity index (χ3v) is 2.67. The molecule has 0 bridgehead atoms. The van der Waals surface area contributed by atoms with Gasteiger partial charge in [0.1, 0.15) is 17.4 Å². The number of methoxy groups -OCH3 is 1. The van der Waals surface area contributed by atoms with Gasteiger partial charge in [-0.1, -0.05) is 0 Å². The van der Waals surface area contributed by atoms with E-state index in [4.69, 9.17) is 10.5 Å². The highest BCUT2D eigenvalue weighted by Crippen LogP contribution is 2.22. The van der Waals surface area contributed by atoms with E-state index < -0.39 is 0 Å². The molecular weight excluding hydrogens is 240 g/mol. The second-order valence-electron chi connectivity index (χ2n) is 4.13. The molecule has 19 heavy (non-hydrogen) atoms. The standard InChI is InChI=1S/C14H18N4O/c1-10-17-13(9-14(18-10)16-8-7-15)11-3-5-12(19-2)6-4-11/h3-6,9H,7-8,15H2,1-2H3,(H,16,17,18). The van der Waals surface area contributed by atoms with Crippen molar-refractivity contribution in [3.8, 4) is 17.0 Å². The molecule has 2 aromatic rings. The predicted octanol–water partition coefficient (Wildman–Crippen LogP) is 1.83. The zero-order valence-corrected chi connectivity index (χ0v) is 11.2. The number of hydrogen-bond acceptors (Lipinski definition) is 5. The smallest absolute Gasteiger partial charge is 0.130 e. The molecule has 0 aliphatic rings. The fraction of sp³-hybridized carbons (Fsp3) is 0.286. The van der Waals surface area contributed by atoms with Crippen LogP contribution in [0.3, 0.4) is 0 Å². The van der Waals surface area contributed by atoms with Crippen molar-refractivity contribution in [1.82, 2.24) is 9.97 Å². The topological polar surface area (TPSA) is 73.1 Å². The molecule has 2 rings (SSSR count). The minimum atomic E-state index is 0.570. The van der Waals surface area contributed by atoms with Gasteiger partial charge in [0.25, 0.3) is 0 Å². The summed E-state index contributed by atoms with van der Waals surface area (Å²) in [5, 5.41) is 3.17. The first-order valence-corrected chi connectivity index (χ1v) is 6.17. The van der Waals surface area contributed by atoms with Crippen molar-refractivity contribution in [3.63, 3.8) is 0 Å². The number of ether oxygens (including phenoxy) is 1. The van der Waals surface area contributed by atoms with Gasteiger partial charge >= 0.3 is 0 Å². The number of nitrogens with one attached hydrogen (secondary N) is 1. The molecule has 0 saturated carbocycles. The van der Waals surface area contributed by atoms with Crippen LogP contribution >= 0.6 is 0 Å². The third kappa shape index (κ3) is 3.42. The van der Waals surface area contributed by atoms with Crippen LogP contribution in [0.4, 0.5) is 5.82 Å². The lowest BCUT2D eigenvalue weighted by Crippen LogP contribution is -2.14. The van der Waals surface area contributed by atoms with Crippen LogP contribution in [-0.2, 0) is 0 Å². The summed E-state index contributed by atoms with van der Waals surface area (Å²) in [5.74, 6) is 2.35. The molecule has 0 aliphatic carbocycles. The first-order valence-electron chi connectivity index (χ1n) is 6.17. The summed E-state index contributed by atoms with van der Waals surface area (Å²) in [7, 11) is 1.65. The Kier molecular flexibility index (Phi) is 4.30. The number of hydrogen-bond donors (Lipinski definition) is 2. The molecule has 1 aromatic carbocycles. The van der Waals surface area contributed by atoms with E-state index >= 15 is 0 Å². The van der Waals surface area contributed by atoms with E-state index in [1.54, 1.807) is 7.11 Å². The maximum absolute atomic E-state index is 5.48. The largest absolute Gasteiger partial charge is 0.497 e. The summed E-state index contributed by atoms with van der Waals surface area (Å²) < 4.78 is 5.15. The lowest BCUT2D eigenvalue weighted by atomic mass is 10.1. The number of nitrogens with zero attached hydrogens (tertiary/aromatic N) is 2. The molecule has 100 valence electrons. The summed E-state index contributed by atoms with van der Waals surface area (Å²) in [6.07, 6.45) is 0. The van der Waals surface area contributed by atoms with Gasteiger partial charge in [0.15, 0.2) is 0 Å². The van der Waals surface area contributed by atoms with E-state index in [9.17, 15) is 0 Å². The molecule has 0 saturated heterocycles. The molecule has 0 spiro atoms. The molecule has 1 heterocycles. The lowest BCUT2D eigenvalue weighted by molar-refractivity contribution is 0.415. The Morgan fingerprint density at radius 2 is 1.95 bits per heavy atom. The van der Waals surface area contributed by atoms with Crippen molar-refractivity contribution in [2.24, 2.45) is 5.73 Å². The van der Waals surface area contributed by atoms with Crippen LogP contribution in [0.1, 0.15) is 5.82 Å². The molecule has 0 amide bonds. The van der Waals surface area contributed by atoms with Crippen molar-refractivity contribution < 1.29 is 4.74 Å². The van der Waals surface area contributed by atoms with E-state index in [1.807, 2.05) is 37.3 Å². The molecular formula is C14H18N4O. The van der Waals surface area contributed by atoms with Crippen molar-refractivity contribution in [2.75, 3.05) is 25.5 Å². The quantitative estimate of drug-likeness (QED) is 0.856. The van der Waals surface area contributed by atoms with Crippen LogP contribution in [0.2, 0.25) is 0 Å². The molecule has 0 atom stereocenters. The summed E-state index contributed by atoms with van der Waals surface area (Å²) in [6, 6.07) is 9.71. The molecule has 0 aliphatic heterocycles. The molecule has 1 aromatic heterocycles. The van der Waals surface area contributed by atoms with E-state index in [1.165, 1.54) is 0 Å². The van der Waals surface area contributed by atoms with Gasteiger partial charge in [-0.15, -0.1) is 0 Å². The van der Waals surface area contributed by atoms with Crippen LogP contribution in [0, 0.1) is 6.92 Å². The van der Waals surface area contributed by atoms with E-state index in [2.05, 4.69) is 15.3 Å². The fourth-order valence-corrected chi connectivity index (χ4v) is 1.77. The van der Waals surface area contributed by atoms with Gasteiger partial charge in [0.05, 0.1) is 12.8 Å². The maximum Gasteiger partial charge on any atom is 0.130 e. The van der Waals surface area contributed by atoms with Crippen LogP contribution in [0.5, 0.6) is 5.75 Å². The molecule has 5 nitrogen and oxygen atoms in total. The summed E-state index contributed by atoms with van der Waals surface area (Å²) in [5.41, 5.74) is 7.39. The van der Waals surface area contributed by atoms with Crippen molar-refractivity contribution in [2.45, 2.75) is 6.92 Å². The van der Waals surface area contributed by atoms with E-state index in [0.717, 1.165) is 28.6 Å². The van der Waals surface area contributed by atoms with Gasteiger partial charge in [0.2, 0.25) is 0 Å². The van der Waals surface area contributed by atoms with Crippen LogP contribution in [-0.4, -0.2) is 30.2 Å². The van der Waals surface area contributed by atoms with Crippen LogP contribution < -0.4 is 15.8 Å². The highest BCUT2D eigenvalue weighted by Gasteiger charge is 2.04. The first-order chi connectivity index (χ1) is 9.22. The molecule has 3 N–H and O–H groups in total. The minimum Gasteiger partial charge on any atom is -0.497 e. The van der Waals surface area contributed by atoms with Crippen molar-refractivity contribution in [1.29, 1.82) is 0 Å². The second-order valence-corrected chi connectivity index (χ2v) is 4.13. The van der Waals surface area contributed by atoms with E-state index in [-0.39, 0.29) is 0 Å². The Morgan fingerprint density at radius 3 is 2.58 bits per heavy atom. The molecule has 0 unspecified atom stereocenters. The van der Waals surface area contributed by atoms with Crippen LogP contribution in [0.15, 0.2) is 30.3 Å². The zero-order valence-electron chi connectivity index (χ0n) is 11.2. The van der Waals surface area contributed by atoms with Gasteiger partial charge in [-0.2, -0.15) is 0 Å². The number of anilines is 1. The van der Waals surface area contributed by atoms with E-state index in [0.29, 0.717) is 13.1 Å². The van der Waals surface area contributed by atoms with Gasteiger partial charge in [0, 0.05) is 24.7 Å². The molecule has 5 heteroatoms. The van der Waals surface area contributed by atoms with Crippen molar-refractivity contribution in [3.05, 3.63) is 36.2 Å². The normalized spacial score (nSPS) is 10.3. The first kappa shape index (κ1) is 13.3. The maximum atomic E-state index is 5.48. The Morgan fingerprint density at radius 1 is 1.21 bits per heavy atom. The van der Waals surface area contributed by atoms with Gasteiger partial charge in [-0.25, -0.2) is 9.97 Å². The van der Waals surface area contributed by atoms with Crippen LogP contribution in [0.25, 0.3) is 11.3 Å². The highest BCUT2D eigenvalue weighted by molar-refractivity contribution is 5.63. The predicted molar refractivity (Wildman–Crippen MR) is 76.3 cm³/mol. The number of aromatic nitrogens is 2. The number of benzene rings is 1. The van der Waals surface area contributed by atoms with Gasteiger partial charge in [-0.3, -0.25) is 0 Å². The molecule has 0 radical (unpaired) electrons. The Labute approximate surface area is 112 Å². The average Bonchev–Trinajstić information content (AvgIpc) is 2.44. The van der Waals surface area contributed by atoms with Crippen molar-refractivity contribution >= 4 is 5.82 Å². The summed E-state index contributed by atoms with van der Waals surface area (Å²) >= 11 is 0. The Hall–Kier alpha value is -2.14. The Balaban J connectivity index is 2.29. The number of aryl methyl sites for hydroxylation is 1. The van der Waals surface area contributed by atoms with Gasteiger partial charge < -0.3 is 15.8 Å². The summed E-state index contributed by atoms with van der Waals surface area (Å²) in [6.45, 7) is 3.14. The fourth-order valence-electron chi connectivity index (χ4n) is 1.77. The number of rotatable bonds is 5. The monoisotopic (exact) mass is 258 g/mol.